The Bertz CT molecular complexity index is 251. The maximum Gasteiger partial charge on any atom is 0.0394 e. The average molecular weight is 168 g/mol. The van der Waals surface area contributed by atoms with E-state index in [-0.39, 0.29) is 0 Å². The van der Waals surface area contributed by atoms with Gasteiger partial charge in [0.15, 0.2) is 0 Å². The van der Waals surface area contributed by atoms with E-state index >= 15 is 0 Å². The van der Waals surface area contributed by atoms with Crippen LogP contribution in [0.25, 0.3) is 0 Å². The maximum atomic E-state index is 7.29. The van der Waals surface area contributed by atoms with Gasteiger partial charge in [0, 0.05) is 15.9 Å². The van der Waals surface area contributed by atoms with Crippen LogP contribution in [0.15, 0.2) is 0 Å². The highest BCUT2D eigenvalue weighted by atomic mass is 15.1. The normalized spacial score (nSPS) is 25.4. The fraction of sp³-hybridized carbons (Fsp3) is 0.818. The van der Waals surface area contributed by atoms with Crippen LogP contribution in [0.2, 0.25) is 0 Å². The molecule has 1 heteroatoms. The number of hydrogen-bond acceptors (Lipinski definition) is 1. The van der Waals surface area contributed by atoms with Gasteiger partial charge in [-0.1, -0.05) is 19.8 Å². The average Bonchev–Trinajstić information content (AvgIpc) is 2.14. The standard InChI is InChI=1S/C11H19N/c1-10(2)4-5-11-6-8-12(3)9-7-11/h10-11H,6-9H2,1-3H3/i3D3. The van der Waals surface area contributed by atoms with Gasteiger partial charge in [-0.2, -0.15) is 0 Å². The molecular formula is C11H19N. The summed E-state index contributed by atoms with van der Waals surface area (Å²) >= 11 is 0. The van der Waals surface area contributed by atoms with Crippen LogP contribution in [-0.2, 0) is 0 Å². The molecule has 1 heterocycles. The zero-order chi connectivity index (χ0) is 11.5. The molecule has 0 saturated carbocycles. The molecule has 0 bridgehead atoms. The van der Waals surface area contributed by atoms with Crippen molar-refractivity contribution in [2.75, 3.05) is 20.1 Å². The molecule has 0 N–H and O–H groups in total. The summed E-state index contributed by atoms with van der Waals surface area (Å²) in [4.78, 5) is 1.57. The first-order chi connectivity index (χ1) is 6.89. The fourth-order valence-electron chi connectivity index (χ4n) is 1.31. The summed E-state index contributed by atoms with van der Waals surface area (Å²) in [5.74, 6) is 7.19. The Kier molecular flexibility index (Phi) is 2.28. The lowest BCUT2D eigenvalue weighted by Gasteiger charge is -2.25. The monoisotopic (exact) mass is 168 g/mol. The lowest BCUT2D eigenvalue weighted by atomic mass is 9.97. The van der Waals surface area contributed by atoms with Crippen molar-refractivity contribution in [3.05, 3.63) is 0 Å². The second kappa shape index (κ2) is 4.52. The predicted octanol–water partition coefficient (Wildman–Crippen LogP) is 1.99. The number of piperidine rings is 1. The fourth-order valence-corrected chi connectivity index (χ4v) is 1.31. The molecule has 0 amide bonds. The van der Waals surface area contributed by atoms with Crippen molar-refractivity contribution in [1.82, 2.24) is 4.90 Å². The summed E-state index contributed by atoms with van der Waals surface area (Å²) in [6.45, 7) is 3.52. The zero-order valence-corrected chi connectivity index (χ0v) is 7.93. The Balaban J connectivity index is 2.41. The first-order valence-corrected chi connectivity index (χ1v) is 4.65. The Hall–Kier alpha value is -0.480. The van der Waals surface area contributed by atoms with Gasteiger partial charge in [0.1, 0.15) is 0 Å². The molecule has 68 valence electrons. The molecule has 0 spiro atoms. The largest absolute Gasteiger partial charge is 0.306 e. The number of rotatable bonds is 0. The maximum absolute atomic E-state index is 7.29. The minimum atomic E-state index is -1.92. The van der Waals surface area contributed by atoms with Crippen LogP contribution in [0, 0.1) is 23.7 Å². The third-order valence-electron chi connectivity index (χ3n) is 2.07. The van der Waals surface area contributed by atoms with Gasteiger partial charge in [-0.25, -0.2) is 0 Å². The van der Waals surface area contributed by atoms with E-state index in [1.165, 1.54) is 0 Å². The minimum absolute atomic E-state index is 0.394. The molecule has 1 saturated heterocycles. The lowest BCUT2D eigenvalue weighted by Crippen LogP contribution is -2.29. The first kappa shape index (κ1) is 6.05. The lowest BCUT2D eigenvalue weighted by molar-refractivity contribution is 0.248. The topological polar surface area (TPSA) is 3.24 Å². The van der Waals surface area contributed by atoms with Gasteiger partial charge in [0.2, 0.25) is 0 Å². The molecular weight excluding hydrogens is 146 g/mol. The summed E-state index contributed by atoms with van der Waals surface area (Å²) in [5.41, 5.74) is 0. The Morgan fingerprint density at radius 3 is 2.58 bits per heavy atom. The van der Waals surface area contributed by atoms with E-state index < -0.39 is 6.98 Å². The van der Waals surface area contributed by atoms with E-state index in [4.69, 9.17) is 4.11 Å². The Morgan fingerprint density at radius 1 is 1.42 bits per heavy atom. The van der Waals surface area contributed by atoms with Gasteiger partial charge < -0.3 is 4.90 Å². The Labute approximate surface area is 80.4 Å². The predicted molar refractivity (Wildman–Crippen MR) is 52.8 cm³/mol. The van der Waals surface area contributed by atoms with Gasteiger partial charge in [-0.3, -0.25) is 0 Å². The highest BCUT2D eigenvalue weighted by Crippen LogP contribution is 2.14. The SMILES string of the molecule is [2H]C([2H])([2H])N1CCC(C#CC(C)C)CC1. The molecule has 1 rings (SSSR count). The molecule has 0 aromatic rings. The molecule has 0 aliphatic carbocycles. The van der Waals surface area contributed by atoms with Crippen LogP contribution >= 0.6 is 0 Å². The molecule has 0 aromatic carbocycles. The highest BCUT2D eigenvalue weighted by Gasteiger charge is 2.13. The first-order valence-electron chi connectivity index (χ1n) is 6.15. The van der Waals surface area contributed by atoms with E-state index in [1.54, 1.807) is 4.90 Å². The zero-order valence-electron chi connectivity index (χ0n) is 10.9. The number of nitrogens with zero attached hydrogens (tertiary/aromatic N) is 1. The molecule has 1 fully saturated rings. The molecule has 12 heavy (non-hydrogen) atoms. The second-order valence-corrected chi connectivity index (χ2v) is 3.70. The summed E-state index contributed by atoms with van der Waals surface area (Å²) in [5, 5.41) is 0. The molecule has 1 nitrogen and oxygen atoms in total. The van der Waals surface area contributed by atoms with Crippen LogP contribution in [-0.4, -0.2) is 25.0 Å². The summed E-state index contributed by atoms with van der Waals surface area (Å²) in [6.07, 6.45) is 1.77. The van der Waals surface area contributed by atoms with Crippen molar-refractivity contribution in [2.24, 2.45) is 11.8 Å². The van der Waals surface area contributed by atoms with Crippen LogP contribution in [0.3, 0.4) is 0 Å². The van der Waals surface area contributed by atoms with E-state index in [9.17, 15) is 0 Å². The van der Waals surface area contributed by atoms with Crippen LogP contribution in [0.4, 0.5) is 0 Å². The van der Waals surface area contributed by atoms with Gasteiger partial charge in [0.25, 0.3) is 0 Å². The third-order valence-corrected chi connectivity index (χ3v) is 2.07. The van der Waals surface area contributed by atoms with Gasteiger partial charge in [0.05, 0.1) is 0 Å². The molecule has 0 atom stereocenters. The van der Waals surface area contributed by atoms with Gasteiger partial charge >= 0.3 is 0 Å². The van der Waals surface area contributed by atoms with Crippen LogP contribution in [0.1, 0.15) is 30.8 Å². The van der Waals surface area contributed by atoms with Gasteiger partial charge in [-0.15, -0.1) is 5.92 Å². The molecule has 0 unspecified atom stereocenters. The molecule has 1 aliphatic rings. The Morgan fingerprint density at radius 2 is 2.08 bits per heavy atom. The van der Waals surface area contributed by atoms with Crippen LogP contribution < -0.4 is 0 Å². The van der Waals surface area contributed by atoms with Crippen molar-refractivity contribution in [3.63, 3.8) is 0 Å². The smallest absolute Gasteiger partial charge is 0.0394 e. The molecule has 0 radical (unpaired) electrons. The van der Waals surface area contributed by atoms with Crippen LogP contribution in [0.5, 0.6) is 0 Å². The molecule has 1 aliphatic heterocycles. The van der Waals surface area contributed by atoms with E-state index in [2.05, 4.69) is 25.7 Å². The summed E-state index contributed by atoms with van der Waals surface area (Å²) in [7, 11) is 0. The van der Waals surface area contributed by atoms with Crippen molar-refractivity contribution in [1.29, 1.82) is 0 Å². The van der Waals surface area contributed by atoms with E-state index in [0.29, 0.717) is 24.9 Å². The minimum Gasteiger partial charge on any atom is -0.306 e. The van der Waals surface area contributed by atoms with E-state index in [0.717, 1.165) is 12.8 Å². The summed E-state index contributed by atoms with van der Waals surface area (Å²) in [6, 6.07) is 0. The van der Waals surface area contributed by atoms with Crippen molar-refractivity contribution in [2.45, 2.75) is 26.7 Å². The van der Waals surface area contributed by atoms with Crippen molar-refractivity contribution >= 4 is 0 Å². The second-order valence-electron chi connectivity index (χ2n) is 3.70. The number of hydrogen-bond donors (Lipinski definition) is 0. The highest BCUT2D eigenvalue weighted by molar-refractivity contribution is 5.06. The van der Waals surface area contributed by atoms with Crippen molar-refractivity contribution in [3.8, 4) is 11.8 Å². The van der Waals surface area contributed by atoms with E-state index in [1.807, 2.05) is 0 Å². The number of likely N-dealkylation sites (tertiary alicyclic amines) is 1. The van der Waals surface area contributed by atoms with Gasteiger partial charge in [-0.05, 0) is 32.9 Å². The summed E-state index contributed by atoms with van der Waals surface area (Å²) < 4.78 is 21.9. The van der Waals surface area contributed by atoms with Crippen molar-refractivity contribution < 1.29 is 4.11 Å². The third kappa shape index (κ3) is 3.28. The molecule has 0 aromatic heterocycles. The quantitative estimate of drug-likeness (QED) is 0.500.